The van der Waals surface area contributed by atoms with E-state index in [1.807, 2.05) is 0 Å². The predicted octanol–water partition coefficient (Wildman–Crippen LogP) is 1.52. The van der Waals surface area contributed by atoms with Crippen molar-refractivity contribution in [3.8, 4) is 0 Å². The maximum absolute atomic E-state index is 13.0. The van der Waals surface area contributed by atoms with Gasteiger partial charge in [-0.25, -0.2) is 4.79 Å². The zero-order chi connectivity index (χ0) is 20.9. The molecule has 9 nitrogen and oxygen atoms in total. The van der Waals surface area contributed by atoms with Crippen LogP contribution in [-0.4, -0.2) is 46.4 Å². The lowest BCUT2D eigenvalue weighted by Gasteiger charge is -2.28. The molecule has 1 aromatic rings. The number of hydrogen-bond acceptors (Lipinski definition) is 7. The lowest BCUT2D eigenvalue weighted by molar-refractivity contribution is -0.162. The zero-order valence-corrected chi connectivity index (χ0v) is 16.7. The first-order valence-corrected chi connectivity index (χ1v) is 10.0. The van der Waals surface area contributed by atoms with Gasteiger partial charge in [0.1, 0.15) is 11.8 Å². The highest BCUT2D eigenvalue weighted by Gasteiger charge is 2.62. The molecule has 2 heterocycles. The quantitative estimate of drug-likeness (QED) is 0.565. The Morgan fingerprint density at radius 1 is 1.24 bits per heavy atom. The maximum Gasteiger partial charge on any atom is 0.330 e. The van der Waals surface area contributed by atoms with Gasteiger partial charge in [0, 0.05) is 6.07 Å². The van der Waals surface area contributed by atoms with Gasteiger partial charge in [-0.3, -0.25) is 19.3 Å². The summed E-state index contributed by atoms with van der Waals surface area (Å²) >= 11 is 0. The first-order chi connectivity index (χ1) is 13.8. The number of aromatic nitrogens is 1. The van der Waals surface area contributed by atoms with Crippen LogP contribution < -0.4 is 5.32 Å². The van der Waals surface area contributed by atoms with Crippen molar-refractivity contribution < 1.29 is 28.4 Å². The molecular formula is C20H25N3O6. The van der Waals surface area contributed by atoms with Gasteiger partial charge in [0.05, 0.1) is 11.8 Å². The van der Waals surface area contributed by atoms with E-state index in [9.17, 15) is 19.2 Å². The Balaban J connectivity index is 1.42. The first kappa shape index (κ1) is 19.6. The van der Waals surface area contributed by atoms with Gasteiger partial charge in [-0.05, 0) is 43.9 Å². The van der Waals surface area contributed by atoms with Gasteiger partial charge in [0.2, 0.25) is 11.8 Å². The van der Waals surface area contributed by atoms with E-state index >= 15 is 0 Å². The van der Waals surface area contributed by atoms with Gasteiger partial charge in [0.15, 0.2) is 12.4 Å². The van der Waals surface area contributed by atoms with Gasteiger partial charge >= 0.3 is 5.97 Å². The van der Waals surface area contributed by atoms with Crippen LogP contribution in [0.25, 0.3) is 0 Å². The van der Waals surface area contributed by atoms with E-state index in [-0.39, 0.29) is 47.2 Å². The number of carbonyl (C=O) groups excluding carboxylic acids is 4. The molecule has 2 bridgehead atoms. The molecule has 3 amide bonds. The topological polar surface area (TPSA) is 119 Å². The van der Waals surface area contributed by atoms with E-state index in [4.69, 9.17) is 9.26 Å². The monoisotopic (exact) mass is 403 g/mol. The second kappa shape index (κ2) is 7.27. The predicted molar refractivity (Wildman–Crippen MR) is 99.1 cm³/mol. The minimum atomic E-state index is -1.03. The molecule has 0 spiro atoms. The van der Waals surface area contributed by atoms with E-state index < -0.39 is 24.5 Å². The van der Waals surface area contributed by atoms with Crippen molar-refractivity contribution in [1.29, 1.82) is 0 Å². The van der Waals surface area contributed by atoms with Crippen LogP contribution in [0, 0.1) is 36.5 Å². The molecule has 0 radical (unpaired) electrons. The van der Waals surface area contributed by atoms with Crippen LogP contribution in [0.1, 0.15) is 38.9 Å². The van der Waals surface area contributed by atoms with E-state index in [0.717, 1.165) is 24.2 Å². The molecule has 1 N–H and O–H groups in total. The highest BCUT2D eigenvalue weighted by Crippen LogP contribution is 2.56. The summed E-state index contributed by atoms with van der Waals surface area (Å²) in [6.07, 6.45) is 2.87. The Labute approximate surface area is 168 Å². The summed E-state index contributed by atoms with van der Waals surface area (Å²) in [5, 5.41) is 6.09. The van der Waals surface area contributed by atoms with Crippen molar-refractivity contribution in [2.24, 2.45) is 29.6 Å². The van der Waals surface area contributed by atoms with E-state index in [1.54, 1.807) is 20.8 Å². The molecule has 0 aromatic carbocycles. The molecule has 29 heavy (non-hydrogen) atoms. The Hall–Kier alpha value is -2.71. The third-order valence-electron chi connectivity index (χ3n) is 6.35. The van der Waals surface area contributed by atoms with Crippen molar-refractivity contribution in [3.63, 3.8) is 0 Å². The number of hydrogen-bond donors (Lipinski definition) is 1. The average molecular weight is 403 g/mol. The van der Waals surface area contributed by atoms with E-state index in [1.165, 1.54) is 6.07 Å². The fourth-order valence-electron chi connectivity index (χ4n) is 5.21. The van der Waals surface area contributed by atoms with Crippen LogP contribution in [0.5, 0.6) is 0 Å². The number of amides is 3. The second-order valence-electron chi connectivity index (χ2n) is 8.60. The summed E-state index contributed by atoms with van der Waals surface area (Å²) in [4.78, 5) is 51.9. The SMILES string of the molecule is Cc1cc(NC(=O)COC(=O)[C@@H](C(C)C)N2C(=O)[C@@H]3[C@@H]4CC[C@@H](C4)[C@@H]3C2=O)no1. The number of likely N-dealkylation sites (tertiary alicyclic amines) is 1. The molecule has 156 valence electrons. The standard InChI is InChI=1S/C20H25N3O6/c1-9(2)17(20(27)28-8-14(24)21-13-6-10(3)29-22-13)23-18(25)15-11-4-5-12(7-11)16(15)19(23)26/h6,9,11-12,15-17H,4-5,7-8H2,1-3H3,(H,21,22,24)/t11-,12+,15-,16+,17-/m1/s1. The van der Waals surface area contributed by atoms with Gasteiger partial charge in [0.25, 0.3) is 5.91 Å². The number of rotatable bonds is 6. The summed E-state index contributed by atoms with van der Waals surface area (Å²) in [5.41, 5.74) is 0. The minimum absolute atomic E-state index is 0.220. The van der Waals surface area contributed by atoms with E-state index in [2.05, 4.69) is 10.5 Å². The van der Waals surface area contributed by atoms with Crippen molar-refractivity contribution in [1.82, 2.24) is 10.1 Å². The van der Waals surface area contributed by atoms with Crippen LogP contribution in [0.3, 0.4) is 0 Å². The number of carbonyl (C=O) groups is 4. The number of aryl methyl sites for hydroxylation is 1. The highest BCUT2D eigenvalue weighted by molar-refractivity contribution is 6.08. The molecule has 3 fully saturated rings. The Morgan fingerprint density at radius 2 is 1.86 bits per heavy atom. The normalized spacial score (nSPS) is 28.8. The average Bonchev–Trinajstić information content (AvgIpc) is 3.41. The molecule has 0 unspecified atom stereocenters. The van der Waals surface area contributed by atoms with E-state index in [0.29, 0.717) is 5.76 Å². The van der Waals surface area contributed by atoms with Crippen molar-refractivity contribution >= 4 is 29.5 Å². The highest BCUT2D eigenvalue weighted by atomic mass is 16.5. The summed E-state index contributed by atoms with van der Waals surface area (Å²) < 4.78 is 10.0. The minimum Gasteiger partial charge on any atom is -0.454 e. The maximum atomic E-state index is 13.0. The molecule has 1 aliphatic heterocycles. The third-order valence-corrected chi connectivity index (χ3v) is 6.35. The molecule has 5 atom stereocenters. The fourth-order valence-corrected chi connectivity index (χ4v) is 5.21. The van der Waals surface area contributed by atoms with Crippen LogP contribution in [0.4, 0.5) is 5.82 Å². The fraction of sp³-hybridized carbons (Fsp3) is 0.650. The van der Waals surface area contributed by atoms with Crippen LogP contribution in [0.2, 0.25) is 0 Å². The Kier molecular flexibility index (Phi) is 4.92. The molecule has 1 saturated heterocycles. The lowest BCUT2D eigenvalue weighted by atomic mass is 9.81. The van der Waals surface area contributed by atoms with Gasteiger partial charge in [-0.2, -0.15) is 0 Å². The van der Waals surface area contributed by atoms with Gasteiger partial charge in [-0.1, -0.05) is 19.0 Å². The number of nitrogens with one attached hydrogen (secondary N) is 1. The molecule has 3 aliphatic rings. The van der Waals surface area contributed by atoms with Crippen molar-refractivity contribution in [3.05, 3.63) is 11.8 Å². The molecular weight excluding hydrogens is 378 g/mol. The van der Waals surface area contributed by atoms with Crippen molar-refractivity contribution in [2.75, 3.05) is 11.9 Å². The summed E-state index contributed by atoms with van der Waals surface area (Å²) in [7, 11) is 0. The largest absolute Gasteiger partial charge is 0.454 e. The first-order valence-electron chi connectivity index (χ1n) is 10.0. The number of ether oxygens (including phenoxy) is 1. The molecule has 2 aliphatic carbocycles. The summed E-state index contributed by atoms with van der Waals surface area (Å²) in [6, 6.07) is 0.507. The Bertz CT molecular complexity index is 834. The zero-order valence-electron chi connectivity index (χ0n) is 16.7. The lowest BCUT2D eigenvalue weighted by Crippen LogP contribution is -2.50. The van der Waals surface area contributed by atoms with Crippen LogP contribution in [-0.2, 0) is 23.9 Å². The van der Waals surface area contributed by atoms with Crippen LogP contribution in [0.15, 0.2) is 10.6 Å². The van der Waals surface area contributed by atoms with Crippen LogP contribution >= 0.6 is 0 Å². The number of anilines is 1. The molecule has 1 aromatic heterocycles. The van der Waals surface area contributed by atoms with Crippen molar-refractivity contribution in [2.45, 2.75) is 46.1 Å². The molecule has 9 heteroatoms. The number of imide groups is 1. The summed E-state index contributed by atoms with van der Waals surface area (Å²) in [5.74, 6) is -1.53. The molecule has 2 saturated carbocycles. The number of fused-ring (bicyclic) bond motifs is 5. The molecule has 4 rings (SSSR count). The smallest absolute Gasteiger partial charge is 0.330 e. The Morgan fingerprint density at radius 3 is 2.38 bits per heavy atom. The van der Waals surface area contributed by atoms with Gasteiger partial charge in [-0.15, -0.1) is 0 Å². The number of nitrogens with zero attached hydrogens (tertiary/aromatic N) is 2. The van der Waals surface area contributed by atoms with Gasteiger partial charge < -0.3 is 14.6 Å². The number of esters is 1. The third kappa shape index (κ3) is 3.32. The summed E-state index contributed by atoms with van der Waals surface area (Å²) in [6.45, 7) is 4.66. The second-order valence-corrected chi connectivity index (χ2v) is 8.60.